The normalized spacial score (nSPS) is 10.7. The van der Waals surface area contributed by atoms with Crippen LogP contribution in [0.4, 0.5) is 0 Å². The molecular weight excluding hydrogens is 282 g/mol. The Morgan fingerprint density at radius 1 is 0.739 bits per heavy atom. The molecule has 116 valence electrons. The van der Waals surface area contributed by atoms with Gasteiger partial charge in [0.1, 0.15) is 5.82 Å². The molecule has 0 aliphatic heterocycles. The Balaban J connectivity index is 1.92. The van der Waals surface area contributed by atoms with E-state index in [0.29, 0.717) is 0 Å². The van der Waals surface area contributed by atoms with Gasteiger partial charge in [0.05, 0.1) is 0 Å². The van der Waals surface area contributed by atoms with Gasteiger partial charge in [0.15, 0.2) is 11.6 Å². The SMILES string of the molecule is CCCCc1ccc(-c2nc(C)nc(-c3ccccc3)n2)cc1. The summed E-state index contributed by atoms with van der Waals surface area (Å²) in [6.07, 6.45) is 3.57. The van der Waals surface area contributed by atoms with Crippen molar-refractivity contribution in [2.45, 2.75) is 33.1 Å². The van der Waals surface area contributed by atoms with E-state index >= 15 is 0 Å². The molecule has 3 aromatic rings. The fourth-order valence-corrected chi connectivity index (χ4v) is 2.53. The highest BCUT2D eigenvalue weighted by atomic mass is 15.0. The molecule has 0 aliphatic carbocycles. The van der Waals surface area contributed by atoms with Gasteiger partial charge in [-0.1, -0.05) is 67.9 Å². The molecular formula is C20H21N3. The number of hydrogen-bond acceptors (Lipinski definition) is 3. The van der Waals surface area contributed by atoms with Gasteiger partial charge in [-0.3, -0.25) is 0 Å². The summed E-state index contributed by atoms with van der Waals surface area (Å²) < 4.78 is 0. The fraction of sp³-hybridized carbons (Fsp3) is 0.250. The van der Waals surface area contributed by atoms with Gasteiger partial charge in [-0.2, -0.15) is 0 Å². The Morgan fingerprint density at radius 3 is 1.96 bits per heavy atom. The molecule has 2 aromatic carbocycles. The maximum absolute atomic E-state index is 4.64. The summed E-state index contributed by atoms with van der Waals surface area (Å²) in [5, 5.41) is 0. The van der Waals surface area contributed by atoms with Crippen LogP contribution in [0, 0.1) is 6.92 Å². The van der Waals surface area contributed by atoms with E-state index in [1.807, 2.05) is 37.3 Å². The molecule has 0 amide bonds. The van der Waals surface area contributed by atoms with Crippen LogP contribution in [0.3, 0.4) is 0 Å². The summed E-state index contributed by atoms with van der Waals surface area (Å²) in [7, 11) is 0. The van der Waals surface area contributed by atoms with Crippen molar-refractivity contribution in [3.8, 4) is 22.8 Å². The summed E-state index contributed by atoms with van der Waals surface area (Å²) in [4.78, 5) is 13.6. The number of nitrogens with zero attached hydrogens (tertiary/aromatic N) is 3. The predicted molar refractivity (Wildman–Crippen MR) is 94.0 cm³/mol. The second-order valence-corrected chi connectivity index (χ2v) is 5.70. The summed E-state index contributed by atoms with van der Waals surface area (Å²) in [6.45, 7) is 4.13. The molecule has 0 bridgehead atoms. The second kappa shape index (κ2) is 7.14. The third-order valence-corrected chi connectivity index (χ3v) is 3.81. The van der Waals surface area contributed by atoms with Gasteiger partial charge in [0.25, 0.3) is 0 Å². The van der Waals surface area contributed by atoms with E-state index in [1.165, 1.54) is 18.4 Å². The van der Waals surface area contributed by atoms with Crippen LogP contribution in [-0.2, 0) is 6.42 Å². The average Bonchev–Trinajstić information content (AvgIpc) is 2.60. The molecule has 0 N–H and O–H groups in total. The van der Waals surface area contributed by atoms with Gasteiger partial charge in [0.2, 0.25) is 0 Å². The van der Waals surface area contributed by atoms with E-state index in [9.17, 15) is 0 Å². The van der Waals surface area contributed by atoms with Gasteiger partial charge in [-0.05, 0) is 25.3 Å². The van der Waals surface area contributed by atoms with Crippen molar-refractivity contribution < 1.29 is 0 Å². The van der Waals surface area contributed by atoms with Crippen molar-refractivity contribution >= 4 is 0 Å². The number of aryl methyl sites for hydroxylation is 2. The molecule has 3 rings (SSSR count). The molecule has 0 saturated heterocycles. The molecule has 0 aliphatic rings. The lowest BCUT2D eigenvalue weighted by molar-refractivity contribution is 0.795. The first-order chi connectivity index (χ1) is 11.3. The number of hydrogen-bond donors (Lipinski definition) is 0. The van der Waals surface area contributed by atoms with Crippen LogP contribution in [0.5, 0.6) is 0 Å². The van der Waals surface area contributed by atoms with E-state index in [0.717, 1.165) is 35.0 Å². The first kappa shape index (κ1) is 15.3. The summed E-state index contributed by atoms with van der Waals surface area (Å²) in [5.74, 6) is 2.20. The summed E-state index contributed by atoms with van der Waals surface area (Å²) >= 11 is 0. The zero-order valence-corrected chi connectivity index (χ0v) is 13.7. The van der Waals surface area contributed by atoms with Gasteiger partial charge in [0, 0.05) is 11.1 Å². The molecule has 0 fully saturated rings. The lowest BCUT2D eigenvalue weighted by Crippen LogP contribution is -1.99. The average molecular weight is 303 g/mol. The third-order valence-electron chi connectivity index (χ3n) is 3.81. The first-order valence-electron chi connectivity index (χ1n) is 8.13. The van der Waals surface area contributed by atoms with Crippen molar-refractivity contribution in [3.63, 3.8) is 0 Å². The van der Waals surface area contributed by atoms with E-state index in [4.69, 9.17) is 0 Å². The van der Waals surface area contributed by atoms with Crippen molar-refractivity contribution in [1.82, 2.24) is 15.0 Å². The number of unbranched alkanes of at least 4 members (excludes halogenated alkanes) is 1. The van der Waals surface area contributed by atoms with Gasteiger partial charge in [-0.25, -0.2) is 15.0 Å². The predicted octanol–water partition coefficient (Wildman–Crippen LogP) is 4.86. The lowest BCUT2D eigenvalue weighted by atomic mass is 10.1. The van der Waals surface area contributed by atoms with Crippen molar-refractivity contribution in [1.29, 1.82) is 0 Å². The van der Waals surface area contributed by atoms with Crippen LogP contribution in [0.1, 0.15) is 31.2 Å². The monoisotopic (exact) mass is 303 g/mol. The maximum atomic E-state index is 4.64. The fourth-order valence-electron chi connectivity index (χ4n) is 2.53. The molecule has 0 unspecified atom stereocenters. The lowest BCUT2D eigenvalue weighted by Gasteiger charge is -2.06. The highest BCUT2D eigenvalue weighted by Crippen LogP contribution is 2.20. The Hall–Kier alpha value is -2.55. The van der Waals surface area contributed by atoms with Gasteiger partial charge >= 0.3 is 0 Å². The van der Waals surface area contributed by atoms with E-state index in [2.05, 4.69) is 46.1 Å². The van der Waals surface area contributed by atoms with Crippen LogP contribution >= 0.6 is 0 Å². The molecule has 0 atom stereocenters. The van der Waals surface area contributed by atoms with Gasteiger partial charge in [-0.15, -0.1) is 0 Å². The van der Waals surface area contributed by atoms with E-state index in [1.54, 1.807) is 0 Å². The number of aromatic nitrogens is 3. The zero-order chi connectivity index (χ0) is 16.1. The molecule has 0 radical (unpaired) electrons. The third kappa shape index (κ3) is 3.81. The van der Waals surface area contributed by atoms with Crippen molar-refractivity contribution in [2.75, 3.05) is 0 Å². The minimum Gasteiger partial charge on any atom is -0.213 e. The molecule has 1 aromatic heterocycles. The zero-order valence-electron chi connectivity index (χ0n) is 13.7. The molecule has 23 heavy (non-hydrogen) atoms. The van der Waals surface area contributed by atoms with Crippen molar-refractivity contribution in [2.24, 2.45) is 0 Å². The molecule has 3 heteroatoms. The first-order valence-corrected chi connectivity index (χ1v) is 8.13. The molecule has 0 saturated carbocycles. The quantitative estimate of drug-likeness (QED) is 0.676. The summed E-state index contributed by atoms with van der Waals surface area (Å²) in [6, 6.07) is 18.6. The molecule has 3 nitrogen and oxygen atoms in total. The van der Waals surface area contributed by atoms with E-state index < -0.39 is 0 Å². The Morgan fingerprint density at radius 2 is 1.35 bits per heavy atom. The van der Waals surface area contributed by atoms with Crippen molar-refractivity contribution in [3.05, 3.63) is 66.0 Å². The number of rotatable bonds is 5. The topological polar surface area (TPSA) is 38.7 Å². The Kier molecular flexibility index (Phi) is 4.77. The minimum absolute atomic E-state index is 0.725. The highest BCUT2D eigenvalue weighted by molar-refractivity contribution is 5.61. The van der Waals surface area contributed by atoms with Crippen LogP contribution in [-0.4, -0.2) is 15.0 Å². The largest absolute Gasteiger partial charge is 0.213 e. The van der Waals surface area contributed by atoms with Crippen LogP contribution in [0.25, 0.3) is 22.8 Å². The maximum Gasteiger partial charge on any atom is 0.163 e. The molecule has 0 spiro atoms. The second-order valence-electron chi connectivity index (χ2n) is 5.70. The van der Waals surface area contributed by atoms with Crippen LogP contribution < -0.4 is 0 Å². The molecule has 1 heterocycles. The van der Waals surface area contributed by atoms with E-state index in [-0.39, 0.29) is 0 Å². The number of benzene rings is 2. The minimum atomic E-state index is 0.725. The summed E-state index contributed by atoms with van der Waals surface area (Å²) in [5.41, 5.74) is 3.41. The van der Waals surface area contributed by atoms with Gasteiger partial charge < -0.3 is 0 Å². The Labute approximate surface area is 137 Å². The van der Waals surface area contributed by atoms with Crippen LogP contribution in [0.15, 0.2) is 54.6 Å². The highest BCUT2D eigenvalue weighted by Gasteiger charge is 2.08. The Bertz CT molecular complexity index is 765. The standard InChI is InChI=1S/C20H21N3/c1-3-4-8-16-11-13-18(14-12-16)20-22-15(2)21-19(23-20)17-9-6-5-7-10-17/h5-7,9-14H,3-4,8H2,1-2H3. The van der Waals surface area contributed by atoms with Crippen LogP contribution in [0.2, 0.25) is 0 Å². The smallest absolute Gasteiger partial charge is 0.163 e.